The maximum atomic E-state index is 13.8. The van der Waals surface area contributed by atoms with E-state index in [1.807, 2.05) is 30.0 Å². The van der Waals surface area contributed by atoms with E-state index in [1.54, 1.807) is 15.9 Å². The Morgan fingerprint density at radius 1 is 1.19 bits per heavy atom. The average Bonchev–Trinajstić information content (AvgIpc) is 3.42. The summed E-state index contributed by atoms with van der Waals surface area (Å²) < 4.78 is 1.65. The Bertz CT molecular complexity index is 1230. The number of aryl methyl sites for hydroxylation is 3. The summed E-state index contributed by atoms with van der Waals surface area (Å²) in [6, 6.07) is 5.64. The Labute approximate surface area is 194 Å². The molecule has 1 aliphatic carbocycles. The third kappa shape index (κ3) is 3.92. The van der Waals surface area contributed by atoms with Crippen LogP contribution in [0.4, 0.5) is 0 Å². The van der Waals surface area contributed by atoms with Crippen LogP contribution in [0, 0.1) is 6.92 Å². The SMILES string of the molecule is Cc1ccc(-n2c(SCC(=O)N3CCCC3)nc3sc4c(c3c2=O)CCCC4)cc1Cl. The van der Waals surface area contributed by atoms with Crippen molar-refractivity contribution in [2.24, 2.45) is 0 Å². The second-order valence-corrected chi connectivity index (χ2v) is 10.7. The van der Waals surface area contributed by atoms with Crippen molar-refractivity contribution in [3.63, 3.8) is 0 Å². The molecule has 0 N–H and O–H groups in total. The van der Waals surface area contributed by atoms with E-state index in [2.05, 4.69) is 0 Å². The first-order valence-electron chi connectivity index (χ1n) is 10.8. The van der Waals surface area contributed by atoms with Crippen LogP contribution in [0.2, 0.25) is 5.02 Å². The molecule has 31 heavy (non-hydrogen) atoms. The number of likely N-dealkylation sites (tertiary alicyclic amines) is 1. The fourth-order valence-corrected chi connectivity index (χ4v) is 6.81. The number of fused-ring (bicyclic) bond motifs is 3. The molecule has 0 unspecified atom stereocenters. The Kier molecular flexibility index (Phi) is 5.84. The van der Waals surface area contributed by atoms with Gasteiger partial charge in [0, 0.05) is 23.0 Å². The van der Waals surface area contributed by atoms with Gasteiger partial charge in [-0.1, -0.05) is 29.4 Å². The van der Waals surface area contributed by atoms with E-state index < -0.39 is 0 Å². The van der Waals surface area contributed by atoms with Gasteiger partial charge in [-0.3, -0.25) is 14.2 Å². The van der Waals surface area contributed by atoms with Gasteiger partial charge in [-0.25, -0.2) is 4.98 Å². The Hall–Kier alpha value is -1.83. The van der Waals surface area contributed by atoms with Gasteiger partial charge in [-0.15, -0.1) is 11.3 Å². The summed E-state index contributed by atoms with van der Waals surface area (Å²) in [5.74, 6) is 0.388. The highest BCUT2D eigenvalue weighted by atomic mass is 35.5. The molecule has 5 rings (SSSR count). The average molecular weight is 474 g/mol. The maximum Gasteiger partial charge on any atom is 0.267 e. The zero-order valence-electron chi connectivity index (χ0n) is 17.4. The molecule has 1 aromatic carbocycles. The van der Waals surface area contributed by atoms with Crippen LogP contribution in [0.1, 0.15) is 41.7 Å². The maximum absolute atomic E-state index is 13.8. The van der Waals surface area contributed by atoms with E-state index >= 15 is 0 Å². The quantitative estimate of drug-likeness (QED) is 0.395. The van der Waals surface area contributed by atoms with E-state index in [0.717, 1.165) is 67.4 Å². The second-order valence-electron chi connectivity index (χ2n) is 8.24. The normalized spacial score (nSPS) is 16.1. The minimum Gasteiger partial charge on any atom is -0.342 e. The van der Waals surface area contributed by atoms with Crippen molar-refractivity contribution < 1.29 is 4.79 Å². The zero-order valence-corrected chi connectivity index (χ0v) is 19.8. The van der Waals surface area contributed by atoms with Crippen LogP contribution in [0.25, 0.3) is 15.9 Å². The minimum absolute atomic E-state index is 0.0551. The van der Waals surface area contributed by atoms with Crippen LogP contribution in [0.3, 0.4) is 0 Å². The fourth-order valence-electron chi connectivity index (χ4n) is 4.42. The summed E-state index contributed by atoms with van der Waals surface area (Å²) in [7, 11) is 0. The van der Waals surface area contributed by atoms with Gasteiger partial charge in [0.2, 0.25) is 5.91 Å². The number of amides is 1. The first-order valence-corrected chi connectivity index (χ1v) is 13.0. The molecule has 8 heteroatoms. The van der Waals surface area contributed by atoms with Crippen molar-refractivity contribution in [3.05, 3.63) is 49.6 Å². The lowest BCUT2D eigenvalue weighted by Gasteiger charge is -2.17. The Morgan fingerprint density at radius 2 is 1.97 bits per heavy atom. The van der Waals surface area contributed by atoms with E-state index in [4.69, 9.17) is 16.6 Å². The van der Waals surface area contributed by atoms with Crippen LogP contribution in [-0.4, -0.2) is 39.2 Å². The van der Waals surface area contributed by atoms with Gasteiger partial charge in [-0.2, -0.15) is 0 Å². The summed E-state index contributed by atoms with van der Waals surface area (Å²) in [6.45, 7) is 3.59. The van der Waals surface area contributed by atoms with Gasteiger partial charge in [0.1, 0.15) is 4.83 Å². The molecule has 3 heterocycles. The van der Waals surface area contributed by atoms with Gasteiger partial charge in [0.05, 0.1) is 16.8 Å². The number of aromatic nitrogens is 2. The van der Waals surface area contributed by atoms with Crippen molar-refractivity contribution >= 4 is 50.8 Å². The molecule has 0 atom stereocenters. The van der Waals surface area contributed by atoms with Crippen molar-refractivity contribution in [3.8, 4) is 5.69 Å². The first kappa shape index (κ1) is 21.0. The van der Waals surface area contributed by atoms with Crippen molar-refractivity contribution in [2.75, 3.05) is 18.8 Å². The molecule has 0 bridgehead atoms. The van der Waals surface area contributed by atoms with Crippen LogP contribution < -0.4 is 5.56 Å². The third-order valence-electron chi connectivity index (χ3n) is 6.16. The summed E-state index contributed by atoms with van der Waals surface area (Å²) in [4.78, 5) is 35.3. The number of carbonyl (C=O) groups is 1. The third-order valence-corrected chi connectivity index (χ3v) is 8.67. The largest absolute Gasteiger partial charge is 0.342 e. The highest BCUT2D eigenvalue weighted by Gasteiger charge is 2.24. The Balaban J connectivity index is 1.62. The smallest absolute Gasteiger partial charge is 0.267 e. The molecule has 162 valence electrons. The van der Waals surface area contributed by atoms with E-state index in [-0.39, 0.29) is 17.2 Å². The molecular formula is C23H24ClN3O2S2. The molecule has 5 nitrogen and oxygen atoms in total. The lowest BCUT2D eigenvalue weighted by atomic mass is 9.97. The lowest BCUT2D eigenvalue weighted by Crippen LogP contribution is -2.29. The highest BCUT2D eigenvalue weighted by Crippen LogP contribution is 2.35. The number of benzene rings is 1. The van der Waals surface area contributed by atoms with Gasteiger partial charge in [0.25, 0.3) is 5.56 Å². The van der Waals surface area contributed by atoms with Crippen LogP contribution >= 0.6 is 34.7 Å². The molecular weight excluding hydrogens is 450 g/mol. The summed E-state index contributed by atoms with van der Waals surface area (Å²) in [6.07, 6.45) is 6.34. The lowest BCUT2D eigenvalue weighted by molar-refractivity contribution is -0.127. The van der Waals surface area contributed by atoms with Gasteiger partial charge in [-0.05, 0) is 68.7 Å². The van der Waals surface area contributed by atoms with Crippen LogP contribution in [0.15, 0.2) is 28.2 Å². The molecule has 2 aliphatic rings. The number of thioether (sulfide) groups is 1. The molecule has 3 aromatic rings. The molecule has 1 aliphatic heterocycles. The predicted molar refractivity (Wildman–Crippen MR) is 128 cm³/mol. The van der Waals surface area contributed by atoms with Gasteiger partial charge < -0.3 is 4.90 Å². The van der Waals surface area contributed by atoms with Crippen molar-refractivity contribution in [1.82, 2.24) is 14.5 Å². The number of carbonyl (C=O) groups excluding carboxylic acids is 1. The minimum atomic E-state index is -0.0551. The number of hydrogen-bond donors (Lipinski definition) is 0. The predicted octanol–water partition coefficient (Wildman–Crippen LogP) is 5.00. The molecule has 0 spiro atoms. The van der Waals surface area contributed by atoms with Gasteiger partial charge >= 0.3 is 0 Å². The number of thiophene rings is 1. The fraction of sp³-hybridized carbons (Fsp3) is 0.435. The second kappa shape index (κ2) is 8.60. The number of halogens is 1. The zero-order chi connectivity index (χ0) is 21.5. The summed E-state index contributed by atoms with van der Waals surface area (Å²) >= 11 is 9.38. The van der Waals surface area contributed by atoms with Crippen LogP contribution in [-0.2, 0) is 17.6 Å². The Morgan fingerprint density at radius 3 is 2.74 bits per heavy atom. The molecule has 1 fully saturated rings. The topological polar surface area (TPSA) is 55.2 Å². The van der Waals surface area contributed by atoms with E-state index in [9.17, 15) is 9.59 Å². The molecule has 0 saturated carbocycles. The number of nitrogens with zero attached hydrogens (tertiary/aromatic N) is 3. The molecule has 1 saturated heterocycles. The number of hydrogen-bond acceptors (Lipinski definition) is 5. The first-order chi connectivity index (χ1) is 15.0. The van der Waals surface area contributed by atoms with Crippen LogP contribution in [0.5, 0.6) is 0 Å². The highest BCUT2D eigenvalue weighted by molar-refractivity contribution is 7.99. The van der Waals surface area contributed by atoms with Gasteiger partial charge in [0.15, 0.2) is 5.16 Å². The van der Waals surface area contributed by atoms with E-state index in [0.29, 0.717) is 15.9 Å². The monoisotopic (exact) mass is 473 g/mol. The molecule has 0 radical (unpaired) electrons. The standard InChI is InChI=1S/C23H24ClN3O2S2/c1-14-8-9-15(12-17(14)24)27-22(29)20-16-6-2-3-7-18(16)31-21(20)25-23(27)30-13-19(28)26-10-4-5-11-26/h8-9,12H,2-7,10-11,13H2,1H3. The molecule has 2 aromatic heterocycles. The summed E-state index contributed by atoms with van der Waals surface area (Å²) in [5.41, 5.74) is 2.77. The van der Waals surface area contributed by atoms with E-state index in [1.165, 1.54) is 22.2 Å². The summed E-state index contributed by atoms with van der Waals surface area (Å²) in [5, 5.41) is 1.91. The number of rotatable bonds is 4. The van der Waals surface area contributed by atoms with Crippen molar-refractivity contribution in [2.45, 2.75) is 50.6 Å². The van der Waals surface area contributed by atoms with Crippen molar-refractivity contribution in [1.29, 1.82) is 0 Å². The molecule has 1 amide bonds.